The average Bonchev–Trinajstić information content (AvgIpc) is 2.83. The molecule has 0 fully saturated rings. The first-order valence-corrected chi connectivity index (χ1v) is 4.88. The zero-order chi connectivity index (χ0) is 11.8. The monoisotopic (exact) mass is 415 g/mol. The number of rotatable bonds is 2. The van der Waals surface area contributed by atoms with Crippen molar-refractivity contribution in [1.29, 1.82) is 0 Å². The van der Waals surface area contributed by atoms with Gasteiger partial charge in [-0.3, -0.25) is 0 Å². The number of pyridine rings is 1. The van der Waals surface area contributed by atoms with Gasteiger partial charge in [-0.15, -0.1) is 6.07 Å². The molecule has 0 saturated heterocycles. The van der Waals surface area contributed by atoms with Crippen LogP contribution in [-0.4, -0.2) is 28.4 Å². The molecule has 2 N–H and O–H groups in total. The van der Waals surface area contributed by atoms with Crippen molar-refractivity contribution in [3.63, 3.8) is 0 Å². The fourth-order valence-electron chi connectivity index (χ4n) is 1.05. The van der Waals surface area contributed by atoms with Gasteiger partial charge >= 0.3 is 0 Å². The maximum atomic E-state index is 7.62. The van der Waals surface area contributed by atoms with Gasteiger partial charge in [0.25, 0.3) is 0 Å². The van der Waals surface area contributed by atoms with Crippen LogP contribution in [-0.2, 0) is 21.1 Å². The van der Waals surface area contributed by atoms with E-state index in [1.165, 1.54) is 5.56 Å². The number of nitrogens with zero attached hydrogens (tertiary/aromatic N) is 1. The van der Waals surface area contributed by atoms with Crippen molar-refractivity contribution in [2.45, 2.75) is 6.92 Å². The molecule has 0 aromatic carbocycles. The van der Waals surface area contributed by atoms with Crippen molar-refractivity contribution in [3.05, 3.63) is 42.5 Å². The van der Waals surface area contributed by atoms with E-state index in [4.69, 9.17) is 14.6 Å². The smallest absolute Gasteiger partial charge is 0.0662 e. The van der Waals surface area contributed by atoms with Crippen molar-refractivity contribution >= 4 is 0 Å². The van der Waals surface area contributed by atoms with Gasteiger partial charge in [0.2, 0.25) is 0 Å². The first kappa shape index (κ1) is 16.0. The van der Waals surface area contributed by atoms with E-state index in [9.17, 15) is 0 Å². The molecule has 2 aromatic heterocycles. The molecule has 0 aliphatic heterocycles. The fraction of sp³-hybridized carbons (Fsp3) is 0.250. The predicted octanol–water partition coefficient (Wildman–Crippen LogP) is 1.42. The first-order valence-electron chi connectivity index (χ1n) is 4.88. The Kier molecular flexibility index (Phi) is 8.59. The fourth-order valence-corrected chi connectivity index (χ4v) is 1.05. The molecular formula is C12H14NO3Pt-. The number of aliphatic hydroxyl groups is 2. The van der Waals surface area contributed by atoms with Gasteiger partial charge in [-0.2, -0.15) is 0 Å². The molecule has 0 amide bonds. The van der Waals surface area contributed by atoms with E-state index in [-0.39, 0.29) is 34.3 Å². The van der Waals surface area contributed by atoms with E-state index in [2.05, 4.69) is 11.2 Å². The summed E-state index contributed by atoms with van der Waals surface area (Å²) >= 11 is 0. The van der Waals surface area contributed by atoms with Crippen LogP contribution < -0.4 is 0 Å². The summed E-state index contributed by atoms with van der Waals surface area (Å²) < 4.78 is 4.84. The first-order chi connectivity index (χ1) is 7.77. The summed E-state index contributed by atoms with van der Waals surface area (Å²) in [5.74, 6) is 0. The van der Waals surface area contributed by atoms with Gasteiger partial charge in [-0.05, 0) is 24.9 Å². The van der Waals surface area contributed by atoms with Gasteiger partial charge in [0.1, 0.15) is 0 Å². The molecule has 0 spiro atoms. The van der Waals surface area contributed by atoms with E-state index in [1.807, 2.05) is 25.1 Å². The van der Waals surface area contributed by atoms with Crippen LogP contribution in [0.3, 0.4) is 0 Å². The number of hydrogen-bond acceptors (Lipinski definition) is 4. The van der Waals surface area contributed by atoms with Gasteiger partial charge in [0.05, 0.1) is 13.2 Å². The van der Waals surface area contributed by atoms with Gasteiger partial charge in [0, 0.05) is 33.5 Å². The van der Waals surface area contributed by atoms with Crippen molar-refractivity contribution in [1.82, 2.24) is 4.98 Å². The Morgan fingerprint density at radius 2 is 2.00 bits per heavy atom. The van der Waals surface area contributed by atoms with E-state index in [0.29, 0.717) is 0 Å². The van der Waals surface area contributed by atoms with Gasteiger partial charge in [-0.1, -0.05) is 17.2 Å². The zero-order valence-corrected chi connectivity index (χ0v) is 11.6. The van der Waals surface area contributed by atoms with Crippen LogP contribution in [0, 0.1) is 13.2 Å². The minimum absolute atomic E-state index is 0. The maximum absolute atomic E-state index is 7.62. The summed E-state index contributed by atoms with van der Waals surface area (Å²) in [5, 5.41) is 15.2. The van der Waals surface area contributed by atoms with E-state index in [1.54, 1.807) is 12.5 Å². The largest absolute Gasteiger partial charge is 0.565 e. The standard InChI is InChI=1S/C10H8NO.C2H6O2.Pt/c1-8-2-4-11-10(6-8)9-3-5-12-7-9;3-1-2-4;/h2-6H,1H3;3-4H,1-2H2;/q-1;;. The Morgan fingerprint density at radius 3 is 2.47 bits per heavy atom. The molecule has 0 radical (unpaired) electrons. The number of furan rings is 1. The SMILES string of the molecule is Cc1ccnc(-c2[c-]occ2)c1.OCCO.[Pt]. The molecule has 0 aliphatic carbocycles. The van der Waals surface area contributed by atoms with E-state index >= 15 is 0 Å². The molecule has 2 aromatic rings. The Morgan fingerprint density at radius 1 is 1.29 bits per heavy atom. The second-order valence-corrected chi connectivity index (χ2v) is 3.10. The van der Waals surface area contributed by atoms with Crippen LogP contribution >= 0.6 is 0 Å². The molecule has 4 nitrogen and oxygen atoms in total. The Labute approximate surface area is 115 Å². The Balaban J connectivity index is 0.000000453. The molecule has 2 rings (SSSR count). The summed E-state index contributed by atoms with van der Waals surface area (Å²) in [6.45, 7) is 1.78. The predicted molar refractivity (Wildman–Crippen MR) is 59.7 cm³/mol. The topological polar surface area (TPSA) is 66.5 Å². The van der Waals surface area contributed by atoms with Crippen molar-refractivity contribution in [2.24, 2.45) is 0 Å². The number of aromatic nitrogens is 1. The molecule has 17 heavy (non-hydrogen) atoms. The molecular weight excluding hydrogens is 401 g/mol. The number of aryl methyl sites for hydroxylation is 1. The zero-order valence-electron chi connectivity index (χ0n) is 9.37. The van der Waals surface area contributed by atoms with Gasteiger partial charge < -0.3 is 19.6 Å². The molecule has 0 unspecified atom stereocenters. The normalized spacial score (nSPS) is 8.88. The van der Waals surface area contributed by atoms with Crippen LogP contribution in [0.4, 0.5) is 0 Å². The second kappa shape index (κ2) is 9.11. The van der Waals surface area contributed by atoms with Crippen LogP contribution in [0.25, 0.3) is 11.3 Å². The maximum Gasteiger partial charge on any atom is 0.0662 e. The van der Waals surface area contributed by atoms with Gasteiger partial charge in [0.15, 0.2) is 0 Å². The molecule has 2 heterocycles. The van der Waals surface area contributed by atoms with Crippen LogP contribution in [0.15, 0.2) is 35.1 Å². The molecule has 0 atom stereocenters. The molecule has 5 heteroatoms. The van der Waals surface area contributed by atoms with Crippen LogP contribution in [0.5, 0.6) is 0 Å². The van der Waals surface area contributed by atoms with E-state index < -0.39 is 0 Å². The average molecular weight is 415 g/mol. The van der Waals surface area contributed by atoms with Crippen molar-refractivity contribution < 1.29 is 35.7 Å². The third kappa shape index (κ3) is 5.78. The summed E-state index contributed by atoms with van der Waals surface area (Å²) in [4.78, 5) is 4.19. The molecule has 0 bridgehead atoms. The second-order valence-electron chi connectivity index (χ2n) is 3.10. The third-order valence-corrected chi connectivity index (χ3v) is 1.76. The van der Waals surface area contributed by atoms with Crippen LogP contribution in [0.2, 0.25) is 0 Å². The minimum atomic E-state index is -0.125. The van der Waals surface area contributed by atoms with Gasteiger partial charge in [-0.25, -0.2) is 0 Å². The summed E-state index contributed by atoms with van der Waals surface area (Å²) in [6.07, 6.45) is 6.12. The molecule has 0 saturated carbocycles. The summed E-state index contributed by atoms with van der Waals surface area (Å²) in [5.41, 5.74) is 3.00. The molecule has 0 aliphatic rings. The van der Waals surface area contributed by atoms with E-state index in [0.717, 1.165) is 11.3 Å². The quantitative estimate of drug-likeness (QED) is 0.729. The third-order valence-electron chi connectivity index (χ3n) is 1.76. The summed E-state index contributed by atoms with van der Waals surface area (Å²) in [7, 11) is 0. The number of hydrogen-bond donors (Lipinski definition) is 2. The number of aliphatic hydroxyl groups excluding tert-OH is 2. The van der Waals surface area contributed by atoms with Crippen molar-refractivity contribution in [2.75, 3.05) is 13.2 Å². The molecule has 96 valence electrons. The summed E-state index contributed by atoms with van der Waals surface area (Å²) in [6, 6.07) is 5.81. The van der Waals surface area contributed by atoms with Crippen molar-refractivity contribution in [3.8, 4) is 11.3 Å². The Hall–Kier alpha value is -0.962. The Bertz CT molecular complexity index is 402. The van der Waals surface area contributed by atoms with Crippen LogP contribution in [0.1, 0.15) is 5.56 Å². The minimum Gasteiger partial charge on any atom is -0.565 e.